The highest BCUT2D eigenvalue weighted by Gasteiger charge is 2.38. The molecule has 22 heavy (non-hydrogen) atoms. The lowest BCUT2D eigenvalue weighted by atomic mass is 9.77. The van der Waals surface area contributed by atoms with Gasteiger partial charge in [0.1, 0.15) is 0 Å². The summed E-state index contributed by atoms with van der Waals surface area (Å²) in [7, 11) is 0. The van der Waals surface area contributed by atoms with E-state index < -0.39 is 0 Å². The Morgan fingerprint density at radius 1 is 0.864 bits per heavy atom. The van der Waals surface area contributed by atoms with E-state index in [1.165, 1.54) is 49.9 Å². The van der Waals surface area contributed by atoms with Crippen molar-refractivity contribution in [3.63, 3.8) is 0 Å². The average Bonchev–Trinajstić information content (AvgIpc) is 3.06. The fraction of sp³-hybridized carbons (Fsp3) is 0.333. The summed E-state index contributed by atoms with van der Waals surface area (Å²) in [6.07, 6.45) is 6.41. The van der Waals surface area contributed by atoms with Gasteiger partial charge in [0.05, 0.1) is 6.04 Å². The second kappa shape index (κ2) is 4.74. The van der Waals surface area contributed by atoms with Crippen LogP contribution in [0.3, 0.4) is 0 Å². The van der Waals surface area contributed by atoms with Gasteiger partial charge in [-0.15, -0.1) is 0 Å². The van der Waals surface area contributed by atoms with Crippen molar-refractivity contribution in [3.05, 3.63) is 65.2 Å². The molecule has 2 aromatic rings. The Kier molecular flexibility index (Phi) is 2.70. The van der Waals surface area contributed by atoms with Gasteiger partial charge in [-0.1, -0.05) is 42.5 Å². The predicted octanol–water partition coefficient (Wildman–Crippen LogP) is 4.92. The number of anilines is 1. The minimum Gasteiger partial charge on any atom is -0.364 e. The van der Waals surface area contributed by atoms with Crippen molar-refractivity contribution in [2.75, 3.05) is 11.4 Å². The lowest BCUT2D eigenvalue weighted by molar-refractivity contribution is 0.773. The zero-order valence-electron chi connectivity index (χ0n) is 12.9. The second-order valence-corrected chi connectivity index (χ2v) is 6.77. The van der Waals surface area contributed by atoms with Crippen molar-refractivity contribution in [3.8, 4) is 0 Å². The molecule has 1 fully saturated rings. The molecule has 1 nitrogen and oxygen atoms in total. The fourth-order valence-corrected chi connectivity index (χ4v) is 4.77. The van der Waals surface area contributed by atoms with Gasteiger partial charge >= 0.3 is 0 Å². The predicted molar refractivity (Wildman–Crippen MR) is 93.0 cm³/mol. The molecule has 0 bridgehead atoms. The van der Waals surface area contributed by atoms with Gasteiger partial charge in [0.25, 0.3) is 0 Å². The van der Waals surface area contributed by atoms with E-state index in [0.717, 1.165) is 0 Å². The van der Waals surface area contributed by atoms with Crippen molar-refractivity contribution < 1.29 is 0 Å². The first kappa shape index (κ1) is 12.5. The van der Waals surface area contributed by atoms with E-state index in [0.29, 0.717) is 6.04 Å². The van der Waals surface area contributed by atoms with E-state index in [-0.39, 0.29) is 0 Å². The third-order valence-corrected chi connectivity index (χ3v) is 5.61. The number of allylic oxidation sites excluding steroid dienone is 1. The Morgan fingerprint density at radius 2 is 1.77 bits per heavy atom. The molecule has 5 rings (SSSR count). The van der Waals surface area contributed by atoms with Crippen LogP contribution in [0.25, 0.3) is 11.1 Å². The molecule has 2 heterocycles. The molecule has 2 aliphatic heterocycles. The normalized spacial score (nSPS) is 22.5. The van der Waals surface area contributed by atoms with Crippen molar-refractivity contribution in [1.82, 2.24) is 0 Å². The molecule has 2 aromatic carbocycles. The Balaban J connectivity index is 1.83. The molecular formula is C21H21N. The van der Waals surface area contributed by atoms with E-state index in [1.54, 1.807) is 22.3 Å². The molecule has 1 unspecified atom stereocenters. The number of fused-ring (bicyclic) bond motifs is 2. The van der Waals surface area contributed by atoms with Gasteiger partial charge < -0.3 is 4.90 Å². The summed E-state index contributed by atoms with van der Waals surface area (Å²) in [5.41, 5.74) is 9.36. The van der Waals surface area contributed by atoms with E-state index in [1.807, 2.05) is 0 Å². The highest BCUT2D eigenvalue weighted by atomic mass is 15.2. The van der Waals surface area contributed by atoms with Crippen LogP contribution in [0.15, 0.2) is 48.5 Å². The van der Waals surface area contributed by atoms with Gasteiger partial charge in [-0.05, 0) is 60.4 Å². The molecule has 0 aromatic heterocycles. The maximum absolute atomic E-state index is 2.68. The summed E-state index contributed by atoms with van der Waals surface area (Å²) in [6.45, 7) is 1.21. The number of rotatable bonds is 1. The first-order valence-electron chi connectivity index (χ1n) is 8.61. The van der Waals surface area contributed by atoms with Gasteiger partial charge in [0.2, 0.25) is 0 Å². The van der Waals surface area contributed by atoms with Crippen LogP contribution in [-0.2, 0) is 6.42 Å². The minimum absolute atomic E-state index is 0.596. The lowest BCUT2D eigenvalue weighted by Crippen LogP contribution is -2.35. The van der Waals surface area contributed by atoms with Crippen LogP contribution in [-0.4, -0.2) is 12.6 Å². The quantitative estimate of drug-likeness (QED) is 0.720. The van der Waals surface area contributed by atoms with Gasteiger partial charge in [0.15, 0.2) is 0 Å². The smallest absolute Gasteiger partial charge is 0.0552 e. The van der Waals surface area contributed by atoms with E-state index in [2.05, 4.69) is 53.4 Å². The topological polar surface area (TPSA) is 3.24 Å². The van der Waals surface area contributed by atoms with E-state index in [4.69, 9.17) is 0 Å². The third-order valence-electron chi connectivity index (χ3n) is 5.61. The molecule has 0 spiro atoms. The van der Waals surface area contributed by atoms with Crippen LogP contribution in [0, 0.1) is 0 Å². The lowest BCUT2D eigenvalue weighted by Gasteiger charge is -2.40. The molecule has 3 aliphatic rings. The van der Waals surface area contributed by atoms with Gasteiger partial charge in [-0.2, -0.15) is 0 Å². The van der Waals surface area contributed by atoms with Crippen LogP contribution in [0.5, 0.6) is 0 Å². The monoisotopic (exact) mass is 287 g/mol. The van der Waals surface area contributed by atoms with Crippen molar-refractivity contribution in [2.45, 2.75) is 38.1 Å². The number of hydrogen-bond donors (Lipinski definition) is 0. The zero-order chi connectivity index (χ0) is 14.5. The highest BCUT2D eigenvalue weighted by Crippen LogP contribution is 2.50. The summed E-state index contributed by atoms with van der Waals surface area (Å²) in [4.78, 5) is 2.68. The summed E-state index contributed by atoms with van der Waals surface area (Å²) >= 11 is 0. The number of aryl methyl sites for hydroxylation is 1. The molecule has 0 saturated carbocycles. The largest absolute Gasteiger partial charge is 0.364 e. The Labute approximate surface area is 132 Å². The van der Waals surface area contributed by atoms with Crippen molar-refractivity contribution >= 4 is 16.8 Å². The van der Waals surface area contributed by atoms with E-state index >= 15 is 0 Å². The van der Waals surface area contributed by atoms with Gasteiger partial charge in [-0.3, -0.25) is 0 Å². The third kappa shape index (κ3) is 1.65. The fourth-order valence-electron chi connectivity index (χ4n) is 4.77. The van der Waals surface area contributed by atoms with Crippen LogP contribution >= 0.6 is 0 Å². The highest BCUT2D eigenvalue weighted by molar-refractivity contribution is 6.02. The maximum atomic E-state index is 2.68. The molecule has 1 heteroatoms. The number of benzene rings is 2. The molecule has 1 atom stereocenters. The molecular weight excluding hydrogens is 266 g/mol. The maximum Gasteiger partial charge on any atom is 0.0552 e. The van der Waals surface area contributed by atoms with E-state index in [9.17, 15) is 0 Å². The number of nitrogens with zero attached hydrogens (tertiary/aromatic N) is 1. The first-order valence-corrected chi connectivity index (χ1v) is 8.61. The minimum atomic E-state index is 0.596. The van der Waals surface area contributed by atoms with Crippen LogP contribution in [0.4, 0.5) is 5.69 Å². The molecule has 1 saturated heterocycles. The summed E-state index contributed by atoms with van der Waals surface area (Å²) in [5, 5.41) is 0. The standard InChI is InChI=1S/C21H21N/c1-2-7-15(8-3-1)20-17-11-4-9-16-10-5-12-18(21(16)17)22-14-6-13-19(20)22/h1-3,5,7-8,10,12,19H,4,6,9,11,13-14H2. The van der Waals surface area contributed by atoms with Crippen LogP contribution in [0.2, 0.25) is 0 Å². The molecule has 1 aliphatic carbocycles. The van der Waals surface area contributed by atoms with Crippen molar-refractivity contribution in [1.29, 1.82) is 0 Å². The molecule has 0 N–H and O–H groups in total. The van der Waals surface area contributed by atoms with Crippen molar-refractivity contribution in [2.24, 2.45) is 0 Å². The Hall–Kier alpha value is -2.02. The number of hydrogen-bond acceptors (Lipinski definition) is 1. The zero-order valence-corrected chi connectivity index (χ0v) is 12.9. The summed E-state index contributed by atoms with van der Waals surface area (Å²) in [6, 6.07) is 18.7. The van der Waals surface area contributed by atoms with Gasteiger partial charge in [0, 0.05) is 17.8 Å². The SMILES string of the molecule is c1ccc(C2=C3CCCc4cccc(c43)N3CCCC23)cc1. The molecule has 0 amide bonds. The van der Waals surface area contributed by atoms with Crippen LogP contribution < -0.4 is 4.90 Å². The Morgan fingerprint density at radius 3 is 2.68 bits per heavy atom. The molecule has 110 valence electrons. The summed E-state index contributed by atoms with van der Waals surface area (Å²) in [5.74, 6) is 0. The molecule has 0 radical (unpaired) electrons. The first-order chi connectivity index (χ1) is 10.9. The van der Waals surface area contributed by atoms with Crippen LogP contribution in [0.1, 0.15) is 42.4 Å². The summed E-state index contributed by atoms with van der Waals surface area (Å²) < 4.78 is 0. The van der Waals surface area contributed by atoms with Gasteiger partial charge in [-0.25, -0.2) is 0 Å². The average molecular weight is 287 g/mol. The second-order valence-electron chi connectivity index (χ2n) is 6.77. The Bertz CT molecular complexity index is 757.